The van der Waals surface area contributed by atoms with Gasteiger partial charge < -0.3 is 35.5 Å². The first-order valence-corrected chi connectivity index (χ1v) is 14.9. The summed E-state index contributed by atoms with van der Waals surface area (Å²) in [6.45, 7) is 7.24. The van der Waals surface area contributed by atoms with E-state index < -0.39 is 42.3 Å². The van der Waals surface area contributed by atoms with Crippen molar-refractivity contribution in [1.29, 1.82) is 0 Å². The molecule has 2 aromatic carbocycles. The van der Waals surface area contributed by atoms with E-state index in [-0.39, 0.29) is 17.4 Å². The first kappa shape index (κ1) is 33.6. The Morgan fingerprint density at radius 3 is 2.40 bits per heavy atom. The Labute approximate surface area is 262 Å². The summed E-state index contributed by atoms with van der Waals surface area (Å²) in [5, 5.41) is 25.7. The number of hydrogen-bond acceptors (Lipinski definition) is 9. The maximum Gasteiger partial charge on any atom is 0.405 e. The Kier molecular flexibility index (Phi) is 10.9. The van der Waals surface area contributed by atoms with Gasteiger partial charge in [0.15, 0.2) is 6.10 Å². The summed E-state index contributed by atoms with van der Waals surface area (Å²) in [5.74, 6) is -1.03. The average Bonchev–Trinajstić information content (AvgIpc) is 3.01. The summed E-state index contributed by atoms with van der Waals surface area (Å²) in [6.07, 6.45) is 3.38. The third-order valence-corrected chi connectivity index (χ3v) is 8.16. The van der Waals surface area contributed by atoms with Gasteiger partial charge in [-0.05, 0) is 56.4 Å². The number of nitrogens with two attached hydrogens (primary N) is 1. The monoisotopic (exact) mass is 618 g/mol. The van der Waals surface area contributed by atoms with Crippen LogP contribution >= 0.6 is 0 Å². The number of aliphatic hydroxyl groups excluding tert-OH is 1. The Hall–Kier alpha value is -4.32. The van der Waals surface area contributed by atoms with Crippen LogP contribution in [0.1, 0.15) is 39.7 Å². The fraction of sp³-hybridized carbons (Fsp3) is 0.412. The molecule has 3 aromatic rings. The van der Waals surface area contributed by atoms with Crippen LogP contribution in [-0.2, 0) is 25.4 Å². The van der Waals surface area contributed by atoms with Crippen LogP contribution in [0, 0.1) is 11.8 Å². The van der Waals surface area contributed by atoms with Crippen molar-refractivity contribution in [3.05, 3.63) is 71.3 Å². The standard InChI is InChI=1S/C34H42N4O7/c1-18-14-22-29-25(36-23-11-7-8-12-24(23)37-29)17-26(31(22)40)38-33(41)19(2)10-9-13-27(43-5)32(45-34(35)42)21(4)16-20(3)30(39)28(15-18)44-6/h7-13,16-18,20,27-28,30,32,39-40H,14-15H2,1-6H3,(H2,35,42)(H,38,41)/b13-9-,19-10+,21-16+/t18-,20+,27?,28+,30-,32+/m1/s1. The van der Waals surface area contributed by atoms with Gasteiger partial charge in [-0.25, -0.2) is 14.8 Å². The van der Waals surface area contributed by atoms with Crippen molar-refractivity contribution < 1.29 is 34.0 Å². The zero-order valence-corrected chi connectivity index (χ0v) is 26.5. The maximum absolute atomic E-state index is 13.3. The largest absolute Gasteiger partial charge is 0.505 e. The molecule has 0 spiro atoms. The van der Waals surface area contributed by atoms with Crippen molar-refractivity contribution in [3.8, 4) is 5.75 Å². The predicted molar refractivity (Wildman–Crippen MR) is 173 cm³/mol. The van der Waals surface area contributed by atoms with Gasteiger partial charge in [0.1, 0.15) is 11.9 Å². The number of anilines is 1. The topological polar surface area (TPSA) is 166 Å². The number of phenolic OH excluding ortho intramolecular Hbond substituents is 1. The molecule has 4 rings (SSSR count). The van der Waals surface area contributed by atoms with E-state index in [4.69, 9.17) is 29.9 Å². The van der Waals surface area contributed by atoms with Crippen LogP contribution in [0.5, 0.6) is 5.75 Å². The number of nitrogens with zero attached hydrogens (tertiary/aromatic N) is 2. The molecule has 6 atom stereocenters. The second kappa shape index (κ2) is 14.6. The van der Waals surface area contributed by atoms with Crippen LogP contribution in [0.25, 0.3) is 22.1 Å². The van der Waals surface area contributed by atoms with E-state index in [1.165, 1.54) is 7.11 Å². The molecule has 0 saturated carbocycles. The summed E-state index contributed by atoms with van der Waals surface area (Å²) >= 11 is 0. The Morgan fingerprint density at radius 1 is 1.07 bits per heavy atom. The van der Waals surface area contributed by atoms with Gasteiger partial charge in [0, 0.05) is 31.3 Å². The lowest BCUT2D eigenvalue weighted by Gasteiger charge is -2.29. The van der Waals surface area contributed by atoms with E-state index in [1.54, 1.807) is 51.3 Å². The number of aromatic hydroxyl groups is 1. The molecule has 1 aromatic heterocycles. The van der Waals surface area contributed by atoms with Crippen LogP contribution < -0.4 is 11.1 Å². The second-order valence-corrected chi connectivity index (χ2v) is 11.7. The highest BCUT2D eigenvalue weighted by Gasteiger charge is 2.30. The molecule has 0 saturated heterocycles. The van der Waals surface area contributed by atoms with E-state index in [0.29, 0.717) is 51.6 Å². The summed E-state index contributed by atoms with van der Waals surface area (Å²) in [6, 6.07) is 9.08. The summed E-state index contributed by atoms with van der Waals surface area (Å²) in [7, 11) is 3.01. The molecular weight excluding hydrogens is 576 g/mol. The quantitative estimate of drug-likeness (QED) is 0.180. The van der Waals surface area contributed by atoms with E-state index in [2.05, 4.69) is 5.32 Å². The summed E-state index contributed by atoms with van der Waals surface area (Å²) in [5.41, 5.74) is 9.51. The molecule has 1 aliphatic rings. The molecule has 240 valence electrons. The minimum absolute atomic E-state index is 0.0908. The fourth-order valence-electron chi connectivity index (χ4n) is 5.71. The van der Waals surface area contributed by atoms with Crippen molar-refractivity contribution in [2.24, 2.45) is 17.6 Å². The van der Waals surface area contributed by atoms with Gasteiger partial charge in [0.05, 0.1) is 40.0 Å². The number of rotatable bonds is 3. The highest BCUT2D eigenvalue weighted by Crippen LogP contribution is 2.37. The van der Waals surface area contributed by atoms with Gasteiger partial charge in [-0.1, -0.05) is 50.3 Å². The third kappa shape index (κ3) is 7.86. The van der Waals surface area contributed by atoms with E-state index in [9.17, 15) is 19.8 Å². The SMILES string of the molecule is COC1/C=C\C=C(/C)C(=O)Nc2cc3nc4ccccc4nc3c(c2O)C[C@@H](C)C[C@H](OC)[C@H](O)[C@@H](C)/C=C(\C)[C@@H]1OC(N)=O. The number of carbonyl (C=O) groups excluding carboxylic acids is 2. The highest BCUT2D eigenvalue weighted by molar-refractivity contribution is 6.06. The zero-order valence-electron chi connectivity index (χ0n) is 26.5. The number of aromatic nitrogens is 2. The van der Waals surface area contributed by atoms with E-state index in [1.807, 2.05) is 38.1 Å². The minimum atomic E-state index is -0.977. The second-order valence-electron chi connectivity index (χ2n) is 11.7. The highest BCUT2D eigenvalue weighted by atomic mass is 16.6. The molecule has 45 heavy (non-hydrogen) atoms. The molecule has 0 aliphatic carbocycles. The van der Waals surface area contributed by atoms with Gasteiger partial charge in [0.2, 0.25) is 0 Å². The van der Waals surface area contributed by atoms with Crippen molar-refractivity contribution in [2.45, 2.75) is 65.0 Å². The number of carbonyl (C=O) groups is 2. The van der Waals surface area contributed by atoms with Gasteiger partial charge in [-0.3, -0.25) is 4.79 Å². The number of benzene rings is 2. The smallest absolute Gasteiger partial charge is 0.405 e. The number of phenols is 1. The first-order valence-electron chi connectivity index (χ1n) is 14.9. The number of aliphatic hydroxyl groups is 1. The molecule has 1 aliphatic heterocycles. The first-order chi connectivity index (χ1) is 21.4. The Bertz CT molecular complexity index is 1650. The van der Waals surface area contributed by atoms with Crippen LogP contribution in [0.2, 0.25) is 0 Å². The van der Waals surface area contributed by atoms with Crippen molar-refractivity contribution >= 4 is 39.8 Å². The molecule has 1 unspecified atom stereocenters. The molecule has 5 N–H and O–H groups in total. The Balaban J connectivity index is 1.85. The average molecular weight is 619 g/mol. The summed E-state index contributed by atoms with van der Waals surface area (Å²) < 4.78 is 16.8. The molecule has 0 radical (unpaired) electrons. The number of primary amides is 1. The third-order valence-electron chi connectivity index (χ3n) is 8.16. The maximum atomic E-state index is 13.3. The normalized spacial score (nSPS) is 28.5. The molecule has 2 heterocycles. The number of amides is 2. The van der Waals surface area contributed by atoms with Crippen molar-refractivity contribution in [3.63, 3.8) is 0 Å². The number of allylic oxidation sites excluding steroid dienone is 2. The van der Waals surface area contributed by atoms with Crippen molar-refractivity contribution in [2.75, 3.05) is 19.5 Å². The molecule has 11 nitrogen and oxygen atoms in total. The molecule has 2 bridgehead atoms. The number of methoxy groups -OCH3 is 2. The lowest BCUT2D eigenvalue weighted by atomic mass is 9.87. The molecular formula is C34H42N4O7. The number of para-hydroxylation sites is 2. The lowest BCUT2D eigenvalue weighted by molar-refractivity contribution is -0.112. The lowest BCUT2D eigenvalue weighted by Crippen LogP contribution is -2.37. The van der Waals surface area contributed by atoms with Gasteiger partial charge in [0.25, 0.3) is 5.91 Å². The Morgan fingerprint density at radius 2 is 1.76 bits per heavy atom. The van der Waals surface area contributed by atoms with Crippen LogP contribution in [0.15, 0.2) is 65.8 Å². The number of nitrogens with one attached hydrogen (secondary N) is 1. The molecule has 11 heteroatoms. The minimum Gasteiger partial charge on any atom is -0.505 e. The van der Waals surface area contributed by atoms with E-state index in [0.717, 1.165) is 0 Å². The molecule has 0 fully saturated rings. The zero-order chi connectivity index (χ0) is 32.8. The number of fused-ring (bicyclic) bond motifs is 5. The molecule has 2 amide bonds. The number of ether oxygens (including phenoxy) is 3. The van der Waals surface area contributed by atoms with Crippen LogP contribution in [0.3, 0.4) is 0 Å². The summed E-state index contributed by atoms with van der Waals surface area (Å²) in [4.78, 5) is 34.7. The van der Waals surface area contributed by atoms with Gasteiger partial charge >= 0.3 is 6.09 Å². The van der Waals surface area contributed by atoms with E-state index >= 15 is 0 Å². The van der Waals surface area contributed by atoms with Crippen LogP contribution in [0.4, 0.5) is 10.5 Å². The van der Waals surface area contributed by atoms with Crippen molar-refractivity contribution in [1.82, 2.24) is 9.97 Å². The fourth-order valence-corrected chi connectivity index (χ4v) is 5.71. The van der Waals surface area contributed by atoms with Gasteiger partial charge in [-0.2, -0.15) is 0 Å². The van der Waals surface area contributed by atoms with Crippen LogP contribution in [-0.4, -0.2) is 70.8 Å². The predicted octanol–water partition coefficient (Wildman–Crippen LogP) is 4.95. The van der Waals surface area contributed by atoms with Gasteiger partial charge in [-0.15, -0.1) is 0 Å². The number of hydrogen-bond donors (Lipinski definition) is 4.